The van der Waals surface area contributed by atoms with Crippen LogP contribution in [0.25, 0.3) is 0 Å². The molecule has 2 saturated heterocycles. The van der Waals surface area contributed by atoms with Gasteiger partial charge in [-0.1, -0.05) is 20.8 Å². The van der Waals surface area contributed by atoms with Crippen LogP contribution in [0.2, 0.25) is 0 Å². The molecule has 0 radical (unpaired) electrons. The second-order valence-corrected chi connectivity index (χ2v) is 4.70. The number of fused-ring (bicyclic) bond motifs is 1. The van der Waals surface area contributed by atoms with E-state index in [-0.39, 0.29) is 0 Å². The Morgan fingerprint density at radius 3 is 2.47 bits per heavy atom. The molecule has 2 aliphatic rings. The predicted molar refractivity (Wildman–Crippen MR) is 74.1 cm³/mol. The van der Waals surface area contributed by atoms with E-state index < -0.39 is 0 Å². The standard InChI is InChI=1S/C11H24N4.C2H6/c1-3-5-14-9-10-15-8-7-13(2)6-4-12-11(14)15;1-2/h11-12H,3-10H2,1-2H3;1-2H3. The summed E-state index contributed by atoms with van der Waals surface area (Å²) < 4.78 is 0. The van der Waals surface area contributed by atoms with Crippen LogP contribution in [0.4, 0.5) is 0 Å². The second-order valence-electron chi connectivity index (χ2n) is 4.70. The van der Waals surface area contributed by atoms with Crippen molar-refractivity contribution in [3.8, 4) is 0 Å². The van der Waals surface area contributed by atoms with Gasteiger partial charge in [-0.25, -0.2) is 0 Å². The average Bonchev–Trinajstić information content (AvgIpc) is 2.69. The van der Waals surface area contributed by atoms with E-state index in [1.54, 1.807) is 0 Å². The van der Waals surface area contributed by atoms with Gasteiger partial charge in [-0.2, -0.15) is 0 Å². The van der Waals surface area contributed by atoms with E-state index in [1.165, 1.54) is 45.7 Å². The molecule has 0 aromatic heterocycles. The summed E-state index contributed by atoms with van der Waals surface area (Å²) in [7, 11) is 2.21. The SMILES string of the molecule is CC.CCCN1CCN2CCN(C)CCNC12. The minimum absolute atomic E-state index is 0.513. The van der Waals surface area contributed by atoms with Crippen LogP contribution in [0, 0.1) is 0 Å². The minimum Gasteiger partial charge on any atom is -0.304 e. The Morgan fingerprint density at radius 2 is 1.76 bits per heavy atom. The fraction of sp³-hybridized carbons (Fsp3) is 1.00. The molecule has 2 fully saturated rings. The molecule has 0 aromatic rings. The van der Waals surface area contributed by atoms with Gasteiger partial charge < -0.3 is 4.90 Å². The summed E-state index contributed by atoms with van der Waals surface area (Å²) in [4.78, 5) is 7.56. The Bertz CT molecular complexity index is 198. The van der Waals surface area contributed by atoms with E-state index in [2.05, 4.69) is 34.0 Å². The van der Waals surface area contributed by atoms with Crippen molar-refractivity contribution in [3.63, 3.8) is 0 Å². The summed E-state index contributed by atoms with van der Waals surface area (Å²) in [6.07, 6.45) is 1.77. The van der Waals surface area contributed by atoms with E-state index in [1.807, 2.05) is 13.8 Å². The second kappa shape index (κ2) is 8.03. The van der Waals surface area contributed by atoms with Crippen LogP contribution < -0.4 is 5.32 Å². The quantitative estimate of drug-likeness (QED) is 0.775. The van der Waals surface area contributed by atoms with E-state index in [0.717, 1.165) is 6.54 Å². The fourth-order valence-electron chi connectivity index (χ4n) is 2.54. The third kappa shape index (κ3) is 4.21. The summed E-state index contributed by atoms with van der Waals surface area (Å²) in [5.74, 6) is 0. The molecule has 1 N–H and O–H groups in total. The van der Waals surface area contributed by atoms with Gasteiger partial charge in [0.05, 0.1) is 0 Å². The summed E-state index contributed by atoms with van der Waals surface area (Å²) in [6, 6.07) is 0. The first-order chi connectivity index (χ1) is 8.31. The molecule has 1 unspecified atom stereocenters. The largest absolute Gasteiger partial charge is 0.304 e. The molecular formula is C13H30N4. The molecule has 17 heavy (non-hydrogen) atoms. The molecule has 102 valence electrons. The first-order valence-corrected chi connectivity index (χ1v) is 7.21. The summed E-state index contributed by atoms with van der Waals surface area (Å²) >= 11 is 0. The number of likely N-dealkylation sites (N-methyl/N-ethyl adjacent to an activating group) is 1. The normalized spacial score (nSPS) is 27.9. The monoisotopic (exact) mass is 242 g/mol. The van der Waals surface area contributed by atoms with Crippen molar-refractivity contribution in [1.82, 2.24) is 20.0 Å². The molecule has 0 aliphatic carbocycles. The fourth-order valence-corrected chi connectivity index (χ4v) is 2.54. The van der Waals surface area contributed by atoms with Crippen molar-refractivity contribution in [1.29, 1.82) is 0 Å². The van der Waals surface area contributed by atoms with Crippen LogP contribution in [-0.4, -0.2) is 73.9 Å². The Labute approximate surface area is 107 Å². The lowest BCUT2D eigenvalue weighted by atomic mass is 10.4. The molecule has 2 aliphatic heterocycles. The van der Waals surface area contributed by atoms with Gasteiger partial charge in [-0.05, 0) is 13.5 Å². The molecule has 0 spiro atoms. The zero-order valence-electron chi connectivity index (χ0n) is 12.1. The van der Waals surface area contributed by atoms with Crippen molar-refractivity contribution in [3.05, 3.63) is 0 Å². The minimum atomic E-state index is 0.513. The van der Waals surface area contributed by atoms with E-state index in [4.69, 9.17) is 0 Å². The van der Waals surface area contributed by atoms with Crippen LogP contribution in [0.3, 0.4) is 0 Å². The van der Waals surface area contributed by atoms with Crippen LogP contribution in [0.1, 0.15) is 27.2 Å². The highest BCUT2D eigenvalue weighted by atomic mass is 15.5. The van der Waals surface area contributed by atoms with Gasteiger partial charge in [0.15, 0.2) is 0 Å². The van der Waals surface area contributed by atoms with Crippen molar-refractivity contribution < 1.29 is 0 Å². The van der Waals surface area contributed by atoms with Crippen LogP contribution in [0.15, 0.2) is 0 Å². The molecule has 0 amide bonds. The van der Waals surface area contributed by atoms with Gasteiger partial charge in [0.25, 0.3) is 0 Å². The maximum atomic E-state index is 3.66. The first kappa shape index (κ1) is 14.9. The molecule has 2 rings (SSSR count). The van der Waals surface area contributed by atoms with E-state index in [0.29, 0.717) is 6.29 Å². The Morgan fingerprint density at radius 1 is 1.06 bits per heavy atom. The Balaban J connectivity index is 0.000000686. The number of rotatable bonds is 2. The lowest BCUT2D eigenvalue weighted by Crippen LogP contribution is -2.55. The van der Waals surface area contributed by atoms with Gasteiger partial charge >= 0.3 is 0 Å². The molecule has 2 heterocycles. The maximum Gasteiger partial charge on any atom is 0.117 e. The number of nitrogens with zero attached hydrogens (tertiary/aromatic N) is 3. The lowest BCUT2D eigenvalue weighted by molar-refractivity contribution is 0.0787. The lowest BCUT2D eigenvalue weighted by Gasteiger charge is -2.34. The molecule has 0 bridgehead atoms. The van der Waals surface area contributed by atoms with E-state index >= 15 is 0 Å². The summed E-state index contributed by atoms with van der Waals surface area (Å²) in [5, 5.41) is 3.66. The van der Waals surface area contributed by atoms with Gasteiger partial charge in [-0.15, -0.1) is 0 Å². The summed E-state index contributed by atoms with van der Waals surface area (Å²) in [5.41, 5.74) is 0. The molecule has 1 atom stereocenters. The van der Waals surface area contributed by atoms with E-state index in [9.17, 15) is 0 Å². The van der Waals surface area contributed by atoms with Crippen molar-refractivity contribution in [2.24, 2.45) is 0 Å². The van der Waals surface area contributed by atoms with Gasteiger partial charge in [0.2, 0.25) is 0 Å². The first-order valence-electron chi connectivity index (χ1n) is 7.21. The average molecular weight is 242 g/mol. The topological polar surface area (TPSA) is 21.8 Å². The number of hydrogen-bond donors (Lipinski definition) is 1. The third-order valence-electron chi connectivity index (χ3n) is 3.47. The molecule has 0 saturated carbocycles. The van der Waals surface area contributed by atoms with Crippen LogP contribution in [0.5, 0.6) is 0 Å². The molecule has 4 nitrogen and oxygen atoms in total. The van der Waals surface area contributed by atoms with Crippen molar-refractivity contribution in [2.45, 2.75) is 33.5 Å². The highest BCUT2D eigenvalue weighted by Crippen LogP contribution is 2.13. The van der Waals surface area contributed by atoms with Gasteiger partial charge in [-0.3, -0.25) is 15.1 Å². The molecule has 0 aromatic carbocycles. The third-order valence-corrected chi connectivity index (χ3v) is 3.47. The zero-order valence-corrected chi connectivity index (χ0v) is 12.1. The smallest absolute Gasteiger partial charge is 0.117 e. The van der Waals surface area contributed by atoms with Crippen LogP contribution >= 0.6 is 0 Å². The molecular weight excluding hydrogens is 212 g/mol. The predicted octanol–water partition coefficient (Wildman–Crippen LogP) is 0.859. The zero-order chi connectivity index (χ0) is 12.7. The number of nitrogens with one attached hydrogen (secondary N) is 1. The highest BCUT2D eigenvalue weighted by molar-refractivity contribution is 4.82. The Kier molecular flexibility index (Phi) is 7.04. The molecule has 4 heteroatoms. The Hall–Kier alpha value is -0.160. The van der Waals surface area contributed by atoms with Crippen molar-refractivity contribution in [2.75, 3.05) is 52.9 Å². The van der Waals surface area contributed by atoms with Crippen LogP contribution in [-0.2, 0) is 0 Å². The highest BCUT2D eigenvalue weighted by Gasteiger charge is 2.31. The van der Waals surface area contributed by atoms with Gasteiger partial charge in [0, 0.05) is 45.8 Å². The summed E-state index contributed by atoms with van der Waals surface area (Å²) in [6.45, 7) is 14.6. The maximum absolute atomic E-state index is 3.66. The van der Waals surface area contributed by atoms with Gasteiger partial charge in [0.1, 0.15) is 6.29 Å². The number of hydrogen-bond acceptors (Lipinski definition) is 4. The van der Waals surface area contributed by atoms with Crippen molar-refractivity contribution >= 4 is 0 Å².